The Hall–Kier alpha value is -4.13. The van der Waals surface area contributed by atoms with Gasteiger partial charge in [-0.2, -0.15) is 0 Å². The fraction of sp³-hybridized carbons (Fsp3) is 0.192. The summed E-state index contributed by atoms with van der Waals surface area (Å²) in [6.45, 7) is 2.33. The summed E-state index contributed by atoms with van der Waals surface area (Å²) >= 11 is 0. The average Bonchev–Trinajstić information content (AvgIpc) is 3.22. The zero-order chi connectivity index (χ0) is 23.4. The SMILES string of the molecule is COc1ccccc1NC(=O)c1ccc(NC(=O)C2CC(=O)N(c3ccc(C)cc3)C2)cc1. The largest absolute Gasteiger partial charge is 0.495 e. The number of para-hydroxylation sites is 2. The molecule has 0 aromatic heterocycles. The van der Waals surface area contributed by atoms with Crippen LogP contribution in [0.15, 0.2) is 72.8 Å². The van der Waals surface area contributed by atoms with Crippen LogP contribution in [0.2, 0.25) is 0 Å². The van der Waals surface area contributed by atoms with Crippen LogP contribution in [-0.4, -0.2) is 31.4 Å². The van der Waals surface area contributed by atoms with Gasteiger partial charge in [0.2, 0.25) is 11.8 Å². The number of carbonyl (C=O) groups is 3. The average molecular weight is 444 g/mol. The van der Waals surface area contributed by atoms with Gasteiger partial charge in [0.05, 0.1) is 18.7 Å². The van der Waals surface area contributed by atoms with Gasteiger partial charge in [-0.05, 0) is 55.5 Å². The number of nitrogens with one attached hydrogen (secondary N) is 2. The third-order valence-corrected chi connectivity index (χ3v) is 5.61. The highest BCUT2D eigenvalue weighted by Crippen LogP contribution is 2.27. The van der Waals surface area contributed by atoms with E-state index in [-0.39, 0.29) is 24.1 Å². The van der Waals surface area contributed by atoms with Gasteiger partial charge in [-0.1, -0.05) is 29.8 Å². The highest BCUT2D eigenvalue weighted by Gasteiger charge is 2.35. The second kappa shape index (κ2) is 9.56. The predicted octanol–water partition coefficient (Wildman–Crippen LogP) is 4.25. The minimum atomic E-state index is -0.438. The van der Waals surface area contributed by atoms with E-state index in [2.05, 4.69) is 10.6 Å². The van der Waals surface area contributed by atoms with Crippen molar-refractivity contribution in [2.75, 3.05) is 29.2 Å². The van der Waals surface area contributed by atoms with Crippen molar-refractivity contribution in [3.8, 4) is 5.75 Å². The van der Waals surface area contributed by atoms with E-state index < -0.39 is 5.92 Å². The first-order chi connectivity index (χ1) is 15.9. The Morgan fingerprint density at radius 1 is 0.939 bits per heavy atom. The van der Waals surface area contributed by atoms with Crippen LogP contribution < -0.4 is 20.3 Å². The standard InChI is InChI=1S/C26H25N3O4/c1-17-7-13-21(14-8-17)29-16-19(15-24(29)30)26(32)27-20-11-9-18(10-12-20)25(31)28-22-5-3-4-6-23(22)33-2/h3-14,19H,15-16H2,1-2H3,(H,27,32)(H,28,31). The predicted molar refractivity (Wildman–Crippen MR) is 128 cm³/mol. The van der Waals surface area contributed by atoms with Gasteiger partial charge in [-0.3, -0.25) is 14.4 Å². The Kier molecular flexibility index (Phi) is 6.40. The second-order valence-corrected chi connectivity index (χ2v) is 7.96. The number of hydrogen-bond donors (Lipinski definition) is 2. The Morgan fingerprint density at radius 2 is 1.64 bits per heavy atom. The minimum Gasteiger partial charge on any atom is -0.495 e. The number of rotatable bonds is 6. The van der Waals surface area contributed by atoms with Gasteiger partial charge in [0.1, 0.15) is 5.75 Å². The molecule has 0 radical (unpaired) electrons. The molecule has 3 aromatic carbocycles. The molecule has 4 rings (SSSR count). The van der Waals surface area contributed by atoms with Crippen molar-refractivity contribution in [3.63, 3.8) is 0 Å². The van der Waals surface area contributed by atoms with Gasteiger partial charge in [0.15, 0.2) is 0 Å². The highest BCUT2D eigenvalue weighted by molar-refractivity contribution is 6.06. The van der Waals surface area contributed by atoms with Crippen LogP contribution in [0.25, 0.3) is 0 Å². The fourth-order valence-electron chi connectivity index (χ4n) is 3.75. The molecule has 0 bridgehead atoms. The lowest BCUT2D eigenvalue weighted by Gasteiger charge is -2.17. The first kappa shape index (κ1) is 22.1. The summed E-state index contributed by atoms with van der Waals surface area (Å²) in [5, 5.41) is 5.67. The van der Waals surface area contributed by atoms with Crippen LogP contribution in [0.3, 0.4) is 0 Å². The summed E-state index contributed by atoms with van der Waals surface area (Å²) in [5.41, 5.74) is 3.49. The van der Waals surface area contributed by atoms with Crippen molar-refractivity contribution in [2.45, 2.75) is 13.3 Å². The Morgan fingerprint density at radius 3 is 2.33 bits per heavy atom. The number of ether oxygens (including phenoxy) is 1. The molecule has 1 aliphatic rings. The molecule has 3 aromatic rings. The van der Waals surface area contributed by atoms with Crippen molar-refractivity contribution >= 4 is 34.8 Å². The molecule has 1 fully saturated rings. The van der Waals surface area contributed by atoms with Crippen LogP contribution in [-0.2, 0) is 9.59 Å². The summed E-state index contributed by atoms with van der Waals surface area (Å²) < 4.78 is 5.25. The Balaban J connectivity index is 1.37. The lowest BCUT2D eigenvalue weighted by molar-refractivity contribution is -0.122. The van der Waals surface area contributed by atoms with Crippen LogP contribution in [0.1, 0.15) is 22.3 Å². The van der Waals surface area contributed by atoms with Crippen molar-refractivity contribution < 1.29 is 19.1 Å². The third kappa shape index (κ3) is 5.03. The number of aryl methyl sites for hydroxylation is 1. The molecule has 1 heterocycles. The molecule has 1 unspecified atom stereocenters. The molecule has 3 amide bonds. The first-order valence-corrected chi connectivity index (χ1v) is 10.7. The van der Waals surface area contributed by atoms with Crippen molar-refractivity contribution in [3.05, 3.63) is 83.9 Å². The molecule has 0 spiro atoms. The number of anilines is 3. The molecule has 33 heavy (non-hydrogen) atoms. The fourth-order valence-corrected chi connectivity index (χ4v) is 3.75. The van der Waals surface area contributed by atoms with Crippen LogP contribution in [0, 0.1) is 12.8 Å². The van der Waals surface area contributed by atoms with E-state index in [0.717, 1.165) is 11.3 Å². The van der Waals surface area contributed by atoms with Crippen LogP contribution >= 0.6 is 0 Å². The molecule has 168 valence electrons. The molecule has 1 atom stereocenters. The molecule has 2 N–H and O–H groups in total. The molecule has 1 saturated heterocycles. The van der Waals surface area contributed by atoms with E-state index in [4.69, 9.17) is 4.74 Å². The van der Waals surface area contributed by atoms with Gasteiger partial charge in [-0.25, -0.2) is 0 Å². The van der Waals surface area contributed by atoms with E-state index in [1.165, 1.54) is 0 Å². The maximum absolute atomic E-state index is 12.7. The smallest absolute Gasteiger partial charge is 0.255 e. The maximum atomic E-state index is 12.7. The monoisotopic (exact) mass is 443 g/mol. The summed E-state index contributed by atoms with van der Waals surface area (Å²) in [4.78, 5) is 39.4. The topological polar surface area (TPSA) is 87.7 Å². The number of amides is 3. The number of hydrogen-bond acceptors (Lipinski definition) is 4. The zero-order valence-corrected chi connectivity index (χ0v) is 18.5. The quantitative estimate of drug-likeness (QED) is 0.596. The zero-order valence-electron chi connectivity index (χ0n) is 18.5. The number of benzene rings is 3. The Bertz CT molecular complexity index is 1170. The summed E-state index contributed by atoms with van der Waals surface area (Å²) in [6, 6.07) is 21.4. The third-order valence-electron chi connectivity index (χ3n) is 5.61. The van der Waals surface area contributed by atoms with Crippen molar-refractivity contribution in [1.29, 1.82) is 0 Å². The normalized spacial score (nSPS) is 15.3. The maximum Gasteiger partial charge on any atom is 0.255 e. The van der Waals surface area contributed by atoms with Gasteiger partial charge in [0.25, 0.3) is 5.91 Å². The molecular formula is C26H25N3O4. The minimum absolute atomic E-state index is 0.0673. The van der Waals surface area contributed by atoms with Gasteiger partial charge >= 0.3 is 0 Å². The van der Waals surface area contributed by atoms with Crippen LogP contribution in [0.5, 0.6) is 5.75 Å². The van der Waals surface area contributed by atoms with Crippen LogP contribution in [0.4, 0.5) is 17.1 Å². The van der Waals surface area contributed by atoms with E-state index >= 15 is 0 Å². The highest BCUT2D eigenvalue weighted by atomic mass is 16.5. The number of methoxy groups -OCH3 is 1. The lowest BCUT2D eigenvalue weighted by atomic mass is 10.1. The molecule has 0 saturated carbocycles. The van der Waals surface area contributed by atoms with E-state index in [1.807, 2.05) is 43.3 Å². The first-order valence-electron chi connectivity index (χ1n) is 10.7. The molecule has 0 aliphatic carbocycles. The Labute approximate surface area is 192 Å². The van der Waals surface area contributed by atoms with E-state index in [9.17, 15) is 14.4 Å². The van der Waals surface area contributed by atoms with Crippen molar-refractivity contribution in [1.82, 2.24) is 0 Å². The molecule has 7 nitrogen and oxygen atoms in total. The number of carbonyl (C=O) groups excluding carboxylic acids is 3. The van der Waals surface area contributed by atoms with Crippen molar-refractivity contribution in [2.24, 2.45) is 5.92 Å². The van der Waals surface area contributed by atoms with Gasteiger partial charge in [0, 0.05) is 29.9 Å². The molecule has 1 aliphatic heterocycles. The summed E-state index contributed by atoms with van der Waals surface area (Å²) in [6.07, 6.45) is 0.166. The number of nitrogens with zero attached hydrogens (tertiary/aromatic N) is 1. The molecule has 7 heteroatoms. The summed E-state index contributed by atoms with van der Waals surface area (Å²) in [7, 11) is 1.54. The lowest BCUT2D eigenvalue weighted by Crippen LogP contribution is -2.28. The second-order valence-electron chi connectivity index (χ2n) is 7.96. The van der Waals surface area contributed by atoms with E-state index in [0.29, 0.717) is 29.2 Å². The summed E-state index contributed by atoms with van der Waals surface area (Å²) in [5.74, 6) is -0.438. The molecular weight excluding hydrogens is 418 g/mol. The van der Waals surface area contributed by atoms with Gasteiger partial charge < -0.3 is 20.3 Å². The van der Waals surface area contributed by atoms with Gasteiger partial charge in [-0.15, -0.1) is 0 Å². The van der Waals surface area contributed by atoms with E-state index in [1.54, 1.807) is 48.4 Å².